The van der Waals surface area contributed by atoms with Gasteiger partial charge in [-0.15, -0.1) is 0 Å². The van der Waals surface area contributed by atoms with Crippen LogP contribution in [-0.4, -0.2) is 243 Å². The first kappa shape index (κ1) is 127. The average Bonchev–Trinajstić information content (AvgIpc) is 1.59. The summed E-state index contributed by atoms with van der Waals surface area (Å²) in [6.45, 7) is 84.5. The molecular formula is C128H236O20. The molecule has 0 amide bonds. The Morgan fingerprint density at radius 2 is 0.527 bits per heavy atom. The van der Waals surface area contributed by atoms with Gasteiger partial charge < -0.3 is 94.7 Å². The number of epoxide rings is 10. The highest BCUT2D eigenvalue weighted by molar-refractivity contribution is 5.14. The summed E-state index contributed by atoms with van der Waals surface area (Å²) >= 11 is 0. The van der Waals surface area contributed by atoms with Crippen LogP contribution >= 0.6 is 0 Å². The summed E-state index contributed by atoms with van der Waals surface area (Å²) in [4.78, 5) is 0. The Kier molecular flexibility index (Phi) is 46.0. The molecule has 868 valence electrons. The third-order valence-corrected chi connectivity index (χ3v) is 41.3. The molecule has 0 radical (unpaired) electrons. The van der Waals surface area contributed by atoms with Crippen molar-refractivity contribution in [1.82, 2.24) is 0 Å². The Labute approximate surface area is 908 Å². The average molecular weight is 2100 g/mol. The molecule has 10 saturated heterocycles. The summed E-state index contributed by atoms with van der Waals surface area (Å²) in [5, 5.41) is 0. The largest absolute Gasteiger partial charge is 0.384 e. The van der Waals surface area contributed by atoms with Crippen molar-refractivity contribution in [2.24, 2.45) is 65.1 Å². The molecule has 0 bridgehead atoms. The predicted molar refractivity (Wildman–Crippen MR) is 600 cm³/mol. The molecule has 20 aliphatic rings. The van der Waals surface area contributed by atoms with Crippen LogP contribution < -0.4 is 0 Å². The SMILES string of the molecule is CC(C)OC(C)(C)C1CCC2(C)OC2C1.CCCCC(CC)COC(C)(C)C1CCC2(C)OC2C1.CCCCCCOC(C)(C)C1CCC2(C)OC2C1.CCCCOC(C)(C)C1CCC2(C)OC2C1.CCCCOCC1CCC2(C)OC2C1.CCCOC(C)(C)C1CCC2(C)OC2C1.CCOC(C)(C)C1CCC2(C)OC2C1.CCOCC1CCC2(C)OC2C1.COC(C)(C)C1CCC2(C)OC2C1.COCC1CCC2(C)OC2C1. The molecule has 10 heterocycles. The number of fused-ring (bicyclic) bond motifs is 10. The summed E-state index contributed by atoms with van der Waals surface area (Å²) < 4.78 is 115. The monoisotopic (exact) mass is 2090 g/mol. The van der Waals surface area contributed by atoms with Crippen molar-refractivity contribution < 1.29 is 94.7 Å². The van der Waals surface area contributed by atoms with Gasteiger partial charge in [-0.05, 0) is 484 Å². The normalized spacial score (nSPS) is 40.3. The van der Waals surface area contributed by atoms with Crippen molar-refractivity contribution in [2.75, 3.05) is 80.3 Å². The van der Waals surface area contributed by atoms with Crippen LogP contribution in [0.15, 0.2) is 0 Å². The quantitative estimate of drug-likeness (QED) is 0.0410. The zero-order valence-corrected chi connectivity index (χ0v) is 103. The minimum atomic E-state index is 0.00144. The third-order valence-electron chi connectivity index (χ3n) is 41.3. The highest BCUT2D eigenvalue weighted by Gasteiger charge is 2.65. The molecule has 31 unspecified atom stereocenters. The predicted octanol–water partition coefficient (Wildman–Crippen LogP) is 30.6. The highest BCUT2D eigenvalue weighted by Crippen LogP contribution is 2.60. The molecule has 0 N–H and O–H groups in total. The molecule has 0 aromatic carbocycles. The molecule has 10 saturated carbocycles. The van der Waals surface area contributed by atoms with Crippen molar-refractivity contribution in [2.45, 2.75) is 674 Å². The molecule has 20 heteroatoms. The summed E-state index contributed by atoms with van der Waals surface area (Å²) in [6, 6.07) is 0. The Bertz CT molecular complexity index is 3870. The van der Waals surface area contributed by atoms with E-state index in [2.05, 4.69) is 235 Å². The molecule has 31 atom stereocenters. The van der Waals surface area contributed by atoms with E-state index in [4.69, 9.17) is 94.7 Å². The molecule has 0 aromatic rings. The van der Waals surface area contributed by atoms with Gasteiger partial charge in [-0.2, -0.15) is 0 Å². The van der Waals surface area contributed by atoms with Gasteiger partial charge in [-0.1, -0.05) is 92.9 Å². The van der Waals surface area contributed by atoms with E-state index in [0.717, 1.165) is 96.2 Å². The fraction of sp³-hybridized carbons (Fsp3) is 1.00. The second-order valence-electron chi connectivity index (χ2n) is 56.7. The van der Waals surface area contributed by atoms with Gasteiger partial charge in [0.2, 0.25) is 0 Å². The summed E-state index contributed by atoms with van der Waals surface area (Å²) in [6.07, 6.45) is 58.5. The first-order valence-corrected chi connectivity index (χ1v) is 62.2. The molecule has 20 fully saturated rings. The third kappa shape index (κ3) is 36.6. The molecule has 0 aromatic heterocycles. The maximum absolute atomic E-state index is 6.36. The van der Waals surface area contributed by atoms with E-state index >= 15 is 0 Å². The van der Waals surface area contributed by atoms with Gasteiger partial charge in [-0.3, -0.25) is 0 Å². The van der Waals surface area contributed by atoms with Crippen LogP contribution in [0.4, 0.5) is 0 Å². The molecular weight excluding hydrogens is 1860 g/mol. The van der Waals surface area contributed by atoms with Gasteiger partial charge in [0.05, 0.1) is 169 Å². The Balaban J connectivity index is 0.000000157. The van der Waals surface area contributed by atoms with Crippen molar-refractivity contribution in [3.63, 3.8) is 0 Å². The van der Waals surface area contributed by atoms with Gasteiger partial charge in [0.25, 0.3) is 0 Å². The zero-order chi connectivity index (χ0) is 109. The topological polar surface area (TPSA) is 218 Å². The number of methoxy groups -OCH3 is 2. The van der Waals surface area contributed by atoms with Gasteiger partial charge in [0, 0.05) is 73.7 Å². The Hall–Kier alpha value is -0.800. The lowest BCUT2D eigenvalue weighted by molar-refractivity contribution is -0.0994. The minimum absolute atomic E-state index is 0.00144. The van der Waals surface area contributed by atoms with E-state index in [-0.39, 0.29) is 95.2 Å². The van der Waals surface area contributed by atoms with Crippen LogP contribution in [0.1, 0.15) is 512 Å². The second-order valence-corrected chi connectivity index (χ2v) is 56.7. The van der Waals surface area contributed by atoms with Crippen LogP contribution in [0.2, 0.25) is 0 Å². The minimum Gasteiger partial charge on any atom is -0.384 e. The lowest BCUT2D eigenvalue weighted by Gasteiger charge is -2.38. The fourth-order valence-corrected chi connectivity index (χ4v) is 27.3. The smallest absolute Gasteiger partial charge is 0.0920 e. The van der Waals surface area contributed by atoms with Gasteiger partial charge >= 0.3 is 0 Å². The van der Waals surface area contributed by atoms with Crippen LogP contribution in [0.25, 0.3) is 0 Å². The first-order chi connectivity index (χ1) is 69.4. The van der Waals surface area contributed by atoms with E-state index in [1.165, 1.54) is 270 Å². The molecule has 148 heavy (non-hydrogen) atoms. The number of hydrogen-bond acceptors (Lipinski definition) is 20. The second kappa shape index (κ2) is 53.4. The summed E-state index contributed by atoms with van der Waals surface area (Å²) in [5.74, 6) is 7.66. The van der Waals surface area contributed by atoms with Crippen LogP contribution in [0, 0.1) is 65.1 Å². The summed E-state index contributed by atoms with van der Waals surface area (Å²) in [7, 11) is 3.59. The molecule has 20 nitrogen and oxygen atoms in total. The van der Waals surface area contributed by atoms with Gasteiger partial charge in [0.15, 0.2) is 0 Å². The number of ether oxygens (including phenoxy) is 20. The molecule has 20 rings (SSSR count). The van der Waals surface area contributed by atoms with Crippen molar-refractivity contribution in [3.8, 4) is 0 Å². The van der Waals surface area contributed by atoms with Gasteiger partial charge in [-0.25, -0.2) is 0 Å². The van der Waals surface area contributed by atoms with Crippen LogP contribution in [0.3, 0.4) is 0 Å². The fourth-order valence-electron chi connectivity index (χ4n) is 27.3. The highest BCUT2D eigenvalue weighted by atomic mass is 16.6. The Morgan fingerprint density at radius 1 is 0.257 bits per heavy atom. The van der Waals surface area contributed by atoms with E-state index < -0.39 is 0 Å². The van der Waals surface area contributed by atoms with E-state index in [9.17, 15) is 0 Å². The van der Waals surface area contributed by atoms with E-state index in [1.807, 2.05) is 7.11 Å². The maximum Gasteiger partial charge on any atom is 0.0920 e. The van der Waals surface area contributed by atoms with Crippen LogP contribution in [0.5, 0.6) is 0 Å². The lowest BCUT2D eigenvalue weighted by atomic mass is 9.75. The molecule has 0 spiro atoms. The molecule has 10 aliphatic carbocycles. The number of hydrogen-bond donors (Lipinski definition) is 0. The van der Waals surface area contributed by atoms with E-state index in [1.54, 1.807) is 7.11 Å². The number of rotatable bonds is 42. The number of unbranched alkanes of at least 4 members (excludes halogenated alkanes) is 6. The standard InChI is InChI=1S/C18H34O2.C16H30O2.C14H26O2.2C13H24O2.2C12H22O2.C11H20O2.C10H18O2.C9H16O2/c1-6-8-9-14(7-2)13-19-17(3,4)15-10-11-18(5)16(12-15)20-18;1-5-6-7-8-11-17-15(2,3)13-9-10-16(4)14(12-13)18-16;1-5-6-9-15-13(2,3)11-7-8-14(4)12(10-11)16-14;1-9(2)14-12(3,4)10-6-7-13(5)11(8-10)15-13;1-5-8-14-12(2,3)10-6-7-13(4)11(9-10)15-13;1-5-13-11(2,3)9-6-7-12(4)10(8-9)14-12;1-3-4-7-13-9-10-5-6-12(2)11(8-10)14-12;1-10(2,12-4)8-5-6-11(3)9(7-8)13-11;1-3-11-7-8-4-5-10(2)9(6-8)12-10;1-9-4-3-7(6-10-2)5-8(9)11-9/h14-16H,6-13H2,1-5H3;13-14H,5-12H2,1-4H3;11-12H,5-10H2,1-4H3;9-11H,6-8H2,1-5H3;10-11H,5-9H2,1-4H3;9-10H,5-8H2,1-4H3;10-11H,3-9H2,1-2H3;8-9H,5-7H2,1-4H3;8-9H,3-7H2,1-2H3;7-8H,3-6H2,1-2H3. The maximum atomic E-state index is 6.36. The Morgan fingerprint density at radius 3 is 0.804 bits per heavy atom. The van der Waals surface area contributed by atoms with Crippen molar-refractivity contribution in [1.29, 1.82) is 0 Å². The van der Waals surface area contributed by atoms with E-state index in [0.29, 0.717) is 109 Å². The zero-order valence-electron chi connectivity index (χ0n) is 103. The lowest BCUT2D eigenvalue weighted by Crippen LogP contribution is -2.40. The first-order valence-electron chi connectivity index (χ1n) is 62.2. The van der Waals surface area contributed by atoms with Crippen molar-refractivity contribution >= 4 is 0 Å². The summed E-state index contributed by atoms with van der Waals surface area (Å²) in [5.41, 5.74) is 2.56. The molecule has 10 aliphatic heterocycles. The van der Waals surface area contributed by atoms with Crippen molar-refractivity contribution in [3.05, 3.63) is 0 Å². The van der Waals surface area contributed by atoms with Gasteiger partial charge in [0.1, 0.15) is 0 Å². The van der Waals surface area contributed by atoms with Crippen LogP contribution in [-0.2, 0) is 94.7 Å².